The van der Waals surface area contributed by atoms with Gasteiger partial charge in [-0.05, 0) is 12.0 Å². The Morgan fingerprint density at radius 2 is 2.26 bits per heavy atom. The van der Waals surface area contributed by atoms with E-state index in [1.54, 1.807) is 0 Å². The quantitative estimate of drug-likeness (QED) is 0.477. The summed E-state index contributed by atoms with van der Waals surface area (Å²) in [5, 5.41) is 11.3. The molecule has 1 atom stereocenters. The topological polar surface area (TPSA) is 63.5 Å². The lowest BCUT2D eigenvalue weighted by atomic mass is 10.2. The van der Waals surface area contributed by atoms with E-state index in [0.717, 1.165) is 12.1 Å². The molecule has 19 heavy (non-hydrogen) atoms. The highest BCUT2D eigenvalue weighted by atomic mass is 79.9. The fourth-order valence-corrected chi connectivity index (χ4v) is 2.60. The normalized spacial score (nSPS) is 19.0. The first-order chi connectivity index (χ1) is 8.93. The third-order valence-corrected chi connectivity index (χ3v) is 4.13. The van der Waals surface area contributed by atoms with Crippen LogP contribution in [0.4, 0.5) is 15.8 Å². The summed E-state index contributed by atoms with van der Waals surface area (Å²) in [5.74, 6) is -1.02. The molecule has 102 valence electrons. The maximum absolute atomic E-state index is 13.3. The number of carbonyl (C=O) groups excluding carboxylic acids is 1. The Bertz CT molecular complexity index is 555. The standard InChI is InChI=1S/C11H9BrClFN2O3/c12-4-6-1-11(17)15(5-6)9-2-7(13)8(14)3-10(9)16(18)19/h2-3,6H,1,4-5H2. The van der Waals surface area contributed by atoms with Crippen LogP contribution in [0, 0.1) is 21.8 Å². The summed E-state index contributed by atoms with van der Waals surface area (Å²) in [6.45, 7) is 0.354. The summed E-state index contributed by atoms with van der Waals surface area (Å²) < 4.78 is 13.3. The van der Waals surface area contributed by atoms with Crippen molar-refractivity contribution in [1.82, 2.24) is 0 Å². The van der Waals surface area contributed by atoms with Gasteiger partial charge in [-0.25, -0.2) is 4.39 Å². The lowest BCUT2D eigenvalue weighted by Crippen LogP contribution is -2.25. The average molecular weight is 352 g/mol. The van der Waals surface area contributed by atoms with Crippen molar-refractivity contribution < 1.29 is 14.1 Å². The predicted molar refractivity (Wildman–Crippen MR) is 72.3 cm³/mol. The maximum atomic E-state index is 13.3. The summed E-state index contributed by atoms with van der Waals surface area (Å²) in [4.78, 5) is 23.4. The second-order valence-corrected chi connectivity index (χ2v) is 5.30. The molecule has 1 saturated heterocycles. The highest BCUT2D eigenvalue weighted by Crippen LogP contribution is 2.36. The van der Waals surface area contributed by atoms with Crippen molar-refractivity contribution in [2.75, 3.05) is 16.8 Å². The van der Waals surface area contributed by atoms with Gasteiger partial charge in [0.15, 0.2) is 0 Å². The van der Waals surface area contributed by atoms with Crippen LogP contribution in [0.1, 0.15) is 6.42 Å². The van der Waals surface area contributed by atoms with Gasteiger partial charge in [0.2, 0.25) is 5.91 Å². The molecule has 1 aromatic rings. The van der Waals surface area contributed by atoms with Crippen molar-refractivity contribution in [1.29, 1.82) is 0 Å². The van der Waals surface area contributed by atoms with Gasteiger partial charge in [-0.15, -0.1) is 0 Å². The van der Waals surface area contributed by atoms with Gasteiger partial charge in [0.05, 0.1) is 16.0 Å². The van der Waals surface area contributed by atoms with E-state index in [-0.39, 0.29) is 22.5 Å². The van der Waals surface area contributed by atoms with Crippen LogP contribution in [0.15, 0.2) is 12.1 Å². The first-order valence-electron chi connectivity index (χ1n) is 5.43. The number of anilines is 1. The first kappa shape index (κ1) is 14.2. The zero-order valence-corrected chi connectivity index (χ0v) is 11.9. The third kappa shape index (κ3) is 2.71. The van der Waals surface area contributed by atoms with Crippen LogP contribution in [-0.4, -0.2) is 22.7 Å². The Kier molecular flexibility index (Phi) is 4.05. The largest absolute Gasteiger partial charge is 0.306 e. The Morgan fingerprint density at radius 1 is 1.58 bits per heavy atom. The molecule has 1 amide bonds. The Labute approximate surface area is 121 Å². The minimum atomic E-state index is -0.874. The van der Waals surface area contributed by atoms with Gasteiger partial charge in [-0.3, -0.25) is 14.9 Å². The molecule has 1 aromatic carbocycles. The van der Waals surface area contributed by atoms with Gasteiger partial charge in [0.1, 0.15) is 11.5 Å². The zero-order valence-electron chi connectivity index (χ0n) is 9.61. The smallest absolute Gasteiger partial charge is 0.295 e. The summed E-state index contributed by atoms with van der Waals surface area (Å²) in [6.07, 6.45) is 0.303. The summed E-state index contributed by atoms with van der Waals surface area (Å²) in [7, 11) is 0. The lowest BCUT2D eigenvalue weighted by molar-refractivity contribution is -0.384. The summed E-state index contributed by atoms with van der Waals surface area (Å²) in [5.41, 5.74) is -0.407. The second-order valence-electron chi connectivity index (χ2n) is 4.24. The van der Waals surface area contributed by atoms with Gasteiger partial charge in [0.25, 0.3) is 5.69 Å². The first-order valence-corrected chi connectivity index (χ1v) is 6.93. The molecule has 1 unspecified atom stereocenters. The van der Waals surface area contributed by atoms with Crippen molar-refractivity contribution in [3.63, 3.8) is 0 Å². The molecule has 8 heteroatoms. The number of nitro groups is 1. The van der Waals surface area contributed by atoms with E-state index >= 15 is 0 Å². The van der Waals surface area contributed by atoms with Gasteiger partial charge < -0.3 is 4.90 Å². The van der Waals surface area contributed by atoms with Crippen LogP contribution in [0.5, 0.6) is 0 Å². The molecule has 0 aromatic heterocycles. The fourth-order valence-electron chi connectivity index (χ4n) is 2.01. The van der Waals surface area contributed by atoms with Gasteiger partial charge in [-0.2, -0.15) is 0 Å². The molecule has 0 N–H and O–H groups in total. The van der Waals surface area contributed by atoms with E-state index in [2.05, 4.69) is 15.9 Å². The molecular weight excluding hydrogens is 342 g/mol. The molecule has 0 saturated carbocycles. The Balaban J connectivity index is 2.47. The molecule has 1 aliphatic rings. The van der Waals surface area contributed by atoms with Crippen molar-refractivity contribution in [3.8, 4) is 0 Å². The zero-order chi connectivity index (χ0) is 14.2. The Morgan fingerprint density at radius 3 is 2.79 bits per heavy atom. The molecule has 0 radical (unpaired) electrons. The molecule has 1 fully saturated rings. The van der Waals surface area contributed by atoms with Crippen LogP contribution >= 0.6 is 27.5 Å². The predicted octanol–water partition coefficient (Wildman–Crippen LogP) is 3.14. The van der Waals surface area contributed by atoms with Crippen molar-refractivity contribution in [2.24, 2.45) is 5.92 Å². The molecule has 1 aliphatic heterocycles. The fraction of sp³-hybridized carbons (Fsp3) is 0.364. The van der Waals surface area contributed by atoms with Crippen LogP contribution in [0.2, 0.25) is 5.02 Å². The highest BCUT2D eigenvalue weighted by Gasteiger charge is 2.34. The SMILES string of the molecule is O=C1CC(CBr)CN1c1cc(Cl)c(F)cc1[N+](=O)[O-]. The number of halogens is 3. The van der Waals surface area contributed by atoms with E-state index in [9.17, 15) is 19.3 Å². The number of benzene rings is 1. The number of hydrogen-bond donors (Lipinski definition) is 0. The maximum Gasteiger partial charge on any atom is 0.295 e. The summed E-state index contributed by atoms with van der Waals surface area (Å²) in [6, 6.07) is 1.87. The molecule has 0 aliphatic carbocycles. The highest BCUT2D eigenvalue weighted by molar-refractivity contribution is 9.09. The van der Waals surface area contributed by atoms with E-state index in [1.165, 1.54) is 4.90 Å². The van der Waals surface area contributed by atoms with Crippen molar-refractivity contribution in [3.05, 3.63) is 33.1 Å². The molecule has 1 heterocycles. The van der Waals surface area contributed by atoms with Crippen molar-refractivity contribution >= 4 is 44.8 Å². The van der Waals surface area contributed by atoms with E-state index < -0.39 is 16.4 Å². The number of alkyl halides is 1. The number of rotatable bonds is 3. The number of carbonyl (C=O) groups is 1. The van der Waals surface area contributed by atoms with Gasteiger partial charge in [-0.1, -0.05) is 27.5 Å². The second kappa shape index (κ2) is 5.42. The number of hydrogen-bond acceptors (Lipinski definition) is 3. The molecule has 2 rings (SSSR count). The van der Waals surface area contributed by atoms with Gasteiger partial charge >= 0.3 is 0 Å². The number of nitrogens with zero attached hydrogens (tertiary/aromatic N) is 2. The lowest BCUT2D eigenvalue weighted by Gasteiger charge is -2.16. The van der Waals surface area contributed by atoms with Crippen LogP contribution in [0.25, 0.3) is 0 Å². The van der Waals surface area contributed by atoms with E-state index in [1.807, 2.05) is 0 Å². The van der Waals surface area contributed by atoms with Gasteiger partial charge in [0, 0.05) is 18.3 Å². The molecule has 5 nitrogen and oxygen atoms in total. The molecular formula is C11H9BrClFN2O3. The Hall–Kier alpha value is -1.21. The van der Waals surface area contributed by atoms with Crippen LogP contribution in [0.3, 0.4) is 0 Å². The van der Waals surface area contributed by atoms with Crippen LogP contribution < -0.4 is 4.90 Å². The van der Waals surface area contributed by atoms with E-state index in [4.69, 9.17) is 11.6 Å². The van der Waals surface area contributed by atoms with Crippen LogP contribution in [-0.2, 0) is 4.79 Å². The van der Waals surface area contributed by atoms with Crippen molar-refractivity contribution in [2.45, 2.75) is 6.42 Å². The molecule has 0 spiro atoms. The number of nitro benzene ring substituents is 1. The summed E-state index contributed by atoms with van der Waals surface area (Å²) >= 11 is 8.92. The third-order valence-electron chi connectivity index (χ3n) is 2.93. The molecule has 0 bridgehead atoms. The average Bonchev–Trinajstić information content (AvgIpc) is 2.73. The minimum Gasteiger partial charge on any atom is -0.306 e. The number of amides is 1. The minimum absolute atomic E-state index is 0.0462. The van der Waals surface area contributed by atoms with E-state index in [0.29, 0.717) is 18.3 Å². The monoisotopic (exact) mass is 350 g/mol.